The van der Waals surface area contributed by atoms with Crippen LogP contribution in [0.4, 0.5) is 17.1 Å². The van der Waals surface area contributed by atoms with Crippen LogP contribution in [0.25, 0.3) is 0 Å². The Kier molecular flexibility index (Phi) is 4.60. The van der Waals surface area contributed by atoms with Crippen LogP contribution in [-0.4, -0.2) is 24.9 Å². The third-order valence-corrected chi connectivity index (χ3v) is 3.56. The van der Waals surface area contributed by atoms with E-state index in [2.05, 4.69) is 5.32 Å². The molecule has 0 fully saturated rings. The second kappa shape index (κ2) is 6.24. The molecular formula is C15H15Cl2N3O. The summed E-state index contributed by atoms with van der Waals surface area (Å²) in [7, 11) is 3.38. The van der Waals surface area contributed by atoms with Gasteiger partial charge < -0.3 is 16.0 Å². The number of amides is 1. The lowest BCUT2D eigenvalue weighted by atomic mass is 10.1. The molecule has 2 aromatic rings. The zero-order valence-electron chi connectivity index (χ0n) is 11.7. The van der Waals surface area contributed by atoms with Crippen LogP contribution in [0.5, 0.6) is 0 Å². The molecule has 0 atom stereocenters. The second-order valence-corrected chi connectivity index (χ2v) is 5.54. The van der Waals surface area contributed by atoms with Gasteiger partial charge in [-0.05, 0) is 30.3 Å². The van der Waals surface area contributed by atoms with Crippen molar-refractivity contribution in [3.8, 4) is 0 Å². The lowest BCUT2D eigenvalue weighted by molar-refractivity contribution is 0.0827. The number of para-hydroxylation sites is 1. The molecule has 2 aromatic carbocycles. The van der Waals surface area contributed by atoms with Crippen LogP contribution in [0.2, 0.25) is 10.0 Å². The lowest BCUT2D eigenvalue weighted by Crippen LogP contribution is -2.21. The molecule has 1 amide bonds. The van der Waals surface area contributed by atoms with Crippen LogP contribution >= 0.6 is 23.2 Å². The minimum atomic E-state index is -0.108. The Morgan fingerprint density at radius 2 is 1.76 bits per heavy atom. The summed E-state index contributed by atoms with van der Waals surface area (Å²) in [5, 5.41) is 4.04. The van der Waals surface area contributed by atoms with E-state index in [4.69, 9.17) is 28.9 Å². The van der Waals surface area contributed by atoms with Gasteiger partial charge in [0.1, 0.15) is 0 Å². The number of carbonyl (C=O) groups is 1. The Morgan fingerprint density at radius 3 is 2.33 bits per heavy atom. The first kappa shape index (κ1) is 15.5. The summed E-state index contributed by atoms with van der Waals surface area (Å²) >= 11 is 12.2. The maximum Gasteiger partial charge on any atom is 0.253 e. The van der Waals surface area contributed by atoms with Crippen molar-refractivity contribution in [3.63, 3.8) is 0 Å². The van der Waals surface area contributed by atoms with Crippen molar-refractivity contribution in [2.75, 3.05) is 25.1 Å². The molecule has 0 saturated carbocycles. The van der Waals surface area contributed by atoms with E-state index in [-0.39, 0.29) is 5.91 Å². The Bertz CT molecular complexity index is 666. The average Bonchev–Trinajstić information content (AvgIpc) is 2.44. The van der Waals surface area contributed by atoms with Crippen LogP contribution in [0.3, 0.4) is 0 Å². The smallest absolute Gasteiger partial charge is 0.253 e. The summed E-state index contributed by atoms with van der Waals surface area (Å²) in [5.74, 6) is -0.108. The quantitative estimate of drug-likeness (QED) is 0.838. The van der Waals surface area contributed by atoms with Crippen molar-refractivity contribution >= 4 is 46.2 Å². The maximum absolute atomic E-state index is 12.0. The standard InChI is InChI=1S/C15H15Cl2N3O/c1-20(2)15(21)9-6-7-12(18)13(8-9)19-14-10(16)4-3-5-11(14)17/h3-8,19H,18H2,1-2H3. The van der Waals surface area contributed by atoms with Crippen molar-refractivity contribution in [1.29, 1.82) is 0 Å². The number of halogens is 2. The number of nitrogen functional groups attached to an aromatic ring is 1. The molecule has 4 nitrogen and oxygen atoms in total. The number of anilines is 3. The minimum Gasteiger partial charge on any atom is -0.397 e. The topological polar surface area (TPSA) is 58.4 Å². The van der Waals surface area contributed by atoms with Crippen molar-refractivity contribution in [3.05, 3.63) is 52.0 Å². The third-order valence-electron chi connectivity index (χ3n) is 2.93. The van der Waals surface area contributed by atoms with Crippen molar-refractivity contribution in [2.24, 2.45) is 0 Å². The van der Waals surface area contributed by atoms with Crippen LogP contribution < -0.4 is 11.1 Å². The van der Waals surface area contributed by atoms with Gasteiger partial charge >= 0.3 is 0 Å². The number of carbonyl (C=O) groups excluding carboxylic acids is 1. The van der Waals surface area contributed by atoms with Gasteiger partial charge in [0.15, 0.2) is 0 Å². The van der Waals surface area contributed by atoms with Gasteiger partial charge in [-0.25, -0.2) is 0 Å². The molecule has 21 heavy (non-hydrogen) atoms. The SMILES string of the molecule is CN(C)C(=O)c1ccc(N)c(Nc2c(Cl)cccc2Cl)c1. The molecule has 0 heterocycles. The molecule has 0 unspecified atom stereocenters. The zero-order chi connectivity index (χ0) is 15.6. The highest BCUT2D eigenvalue weighted by atomic mass is 35.5. The van der Waals surface area contributed by atoms with Gasteiger partial charge in [-0.15, -0.1) is 0 Å². The average molecular weight is 324 g/mol. The number of rotatable bonds is 3. The number of hydrogen-bond acceptors (Lipinski definition) is 3. The van der Waals surface area contributed by atoms with Gasteiger partial charge in [0.2, 0.25) is 0 Å². The van der Waals surface area contributed by atoms with Crippen LogP contribution in [0.15, 0.2) is 36.4 Å². The van der Waals surface area contributed by atoms with E-state index in [1.165, 1.54) is 4.90 Å². The van der Waals surface area contributed by atoms with Gasteiger partial charge in [0, 0.05) is 19.7 Å². The minimum absolute atomic E-state index is 0.108. The number of nitrogens with zero attached hydrogens (tertiary/aromatic N) is 1. The number of nitrogens with two attached hydrogens (primary N) is 1. The van der Waals surface area contributed by atoms with Gasteiger partial charge in [0.05, 0.1) is 27.1 Å². The molecule has 0 spiro atoms. The molecular weight excluding hydrogens is 309 g/mol. The first-order valence-corrected chi connectivity index (χ1v) is 6.98. The van der Waals surface area contributed by atoms with E-state index in [0.717, 1.165) is 0 Å². The fourth-order valence-electron chi connectivity index (χ4n) is 1.81. The first-order valence-electron chi connectivity index (χ1n) is 6.22. The normalized spacial score (nSPS) is 10.3. The molecule has 3 N–H and O–H groups in total. The number of benzene rings is 2. The third kappa shape index (κ3) is 3.40. The van der Waals surface area contributed by atoms with Crippen molar-refractivity contribution in [2.45, 2.75) is 0 Å². The van der Waals surface area contributed by atoms with E-state index < -0.39 is 0 Å². The molecule has 2 rings (SSSR count). The zero-order valence-corrected chi connectivity index (χ0v) is 13.2. The van der Waals surface area contributed by atoms with Gasteiger partial charge in [-0.3, -0.25) is 4.79 Å². The highest BCUT2D eigenvalue weighted by molar-refractivity contribution is 6.39. The predicted octanol–water partition coefficient (Wildman–Crippen LogP) is 4.02. The summed E-state index contributed by atoms with van der Waals surface area (Å²) in [4.78, 5) is 13.5. The number of nitrogens with one attached hydrogen (secondary N) is 1. The molecule has 110 valence electrons. The van der Waals surface area contributed by atoms with Crippen LogP contribution in [-0.2, 0) is 0 Å². The van der Waals surface area contributed by atoms with Gasteiger partial charge in [0.25, 0.3) is 5.91 Å². The molecule has 0 radical (unpaired) electrons. The van der Waals surface area contributed by atoms with Crippen molar-refractivity contribution in [1.82, 2.24) is 4.90 Å². The molecule has 6 heteroatoms. The van der Waals surface area contributed by atoms with E-state index in [9.17, 15) is 4.79 Å². The molecule has 0 aliphatic rings. The predicted molar refractivity (Wildman–Crippen MR) is 88.6 cm³/mol. The maximum atomic E-state index is 12.0. The second-order valence-electron chi connectivity index (χ2n) is 4.72. The summed E-state index contributed by atoms with van der Waals surface area (Å²) in [5.41, 5.74) is 8.11. The summed E-state index contributed by atoms with van der Waals surface area (Å²) in [6.45, 7) is 0. The highest BCUT2D eigenvalue weighted by Crippen LogP contribution is 2.34. The Balaban J connectivity index is 2.40. The fourth-order valence-corrected chi connectivity index (χ4v) is 2.30. The van der Waals surface area contributed by atoms with Gasteiger partial charge in [-0.2, -0.15) is 0 Å². The van der Waals surface area contributed by atoms with E-state index >= 15 is 0 Å². The van der Waals surface area contributed by atoms with Crippen LogP contribution in [0.1, 0.15) is 10.4 Å². The molecule has 0 bridgehead atoms. The fraction of sp³-hybridized carbons (Fsp3) is 0.133. The number of hydrogen-bond donors (Lipinski definition) is 2. The Hall–Kier alpha value is -1.91. The van der Waals surface area contributed by atoms with Crippen molar-refractivity contribution < 1.29 is 4.79 Å². The van der Waals surface area contributed by atoms with E-state index in [0.29, 0.717) is 32.7 Å². The Labute approximate surface area is 133 Å². The molecule has 0 aliphatic carbocycles. The van der Waals surface area contributed by atoms with E-state index in [1.807, 2.05) is 0 Å². The summed E-state index contributed by atoms with van der Waals surface area (Å²) in [6, 6.07) is 10.2. The van der Waals surface area contributed by atoms with E-state index in [1.54, 1.807) is 50.5 Å². The summed E-state index contributed by atoms with van der Waals surface area (Å²) in [6.07, 6.45) is 0. The first-order chi connectivity index (χ1) is 9.90. The molecule has 0 aliphatic heterocycles. The largest absolute Gasteiger partial charge is 0.397 e. The Morgan fingerprint density at radius 1 is 1.14 bits per heavy atom. The molecule has 0 aromatic heterocycles. The molecule has 0 saturated heterocycles. The van der Waals surface area contributed by atoms with Crippen LogP contribution in [0, 0.1) is 0 Å². The monoisotopic (exact) mass is 323 g/mol. The summed E-state index contributed by atoms with van der Waals surface area (Å²) < 4.78 is 0. The van der Waals surface area contributed by atoms with Gasteiger partial charge in [-0.1, -0.05) is 29.3 Å². The lowest BCUT2D eigenvalue weighted by Gasteiger charge is -2.15. The highest BCUT2D eigenvalue weighted by Gasteiger charge is 2.12.